The van der Waals surface area contributed by atoms with Crippen LogP contribution in [0.25, 0.3) is 0 Å². The lowest BCUT2D eigenvalue weighted by molar-refractivity contribution is 0.0120. The summed E-state index contributed by atoms with van der Waals surface area (Å²) in [6, 6.07) is 1.31. The lowest BCUT2D eigenvalue weighted by Crippen LogP contribution is -2.52. The van der Waals surface area contributed by atoms with Crippen molar-refractivity contribution < 1.29 is 14.3 Å². The maximum Gasteiger partial charge on any atom is 0.407 e. The van der Waals surface area contributed by atoms with Crippen molar-refractivity contribution in [2.24, 2.45) is 0 Å². The first-order valence-electron chi connectivity index (χ1n) is 8.14. The number of carbonyl (C=O) groups is 1. The van der Waals surface area contributed by atoms with Crippen LogP contribution in [-0.4, -0.2) is 43.0 Å². The Hall–Kier alpha value is -0.810. The predicted octanol–water partition coefficient (Wildman–Crippen LogP) is 2.59. The van der Waals surface area contributed by atoms with Crippen LogP contribution < -0.4 is 10.6 Å². The van der Waals surface area contributed by atoms with Gasteiger partial charge in [0.15, 0.2) is 0 Å². The Kier molecular flexibility index (Phi) is 5.49. The quantitative estimate of drug-likeness (QED) is 0.837. The van der Waals surface area contributed by atoms with Gasteiger partial charge in [-0.05, 0) is 59.3 Å². The lowest BCUT2D eigenvalue weighted by atomic mass is 9.85. The van der Waals surface area contributed by atoms with E-state index in [4.69, 9.17) is 9.47 Å². The van der Waals surface area contributed by atoms with Crippen LogP contribution >= 0.6 is 0 Å². The molecule has 0 heterocycles. The molecule has 5 heteroatoms. The molecule has 0 aliphatic heterocycles. The number of ether oxygens (including phenoxy) is 2. The van der Waals surface area contributed by atoms with Gasteiger partial charge >= 0.3 is 6.09 Å². The summed E-state index contributed by atoms with van der Waals surface area (Å²) in [4.78, 5) is 11.8. The van der Waals surface area contributed by atoms with Gasteiger partial charge in [-0.25, -0.2) is 4.79 Å². The van der Waals surface area contributed by atoms with Gasteiger partial charge in [0.25, 0.3) is 0 Å². The zero-order valence-electron chi connectivity index (χ0n) is 13.8. The molecule has 2 unspecified atom stereocenters. The third-order valence-corrected chi connectivity index (χ3v) is 4.29. The summed E-state index contributed by atoms with van der Waals surface area (Å²) < 4.78 is 10.6. The van der Waals surface area contributed by atoms with Gasteiger partial charge in [-0.1, -0.05) is 0 Å². The largest absolute Gasteiger partial charge is 0.444 e. The molecule has 2 rings (SSSR count). The van der Waals surface area contributed by atoms with Crippen molar-refractivity contribution >= 4 is 6.09 Å². The first-order valence-corrected chi connectivity index (χ1v) is 8.14. The van der Waals surface area contributed by atoms with Gasteiger partial charge in [0.05, 0.1) is 6.10 Å². The number of amides is 1. The van der Waals surface area contributed by atoms with E-state index in [0.29, 0.717) is 18.2 Å². The minimum atomic E-state index is -0.433. The molecule has 0 spiro atoms. The average Bonchev–Trinajstić information content (AvgIpc) is 2.31. The SMILES string of the molecule is COC1CC(NC2CCCC(NC(=O)OC(C)(C)C)C2)C1. The highest BCUT2D eigenvalue weighted by Crippen LogP contribution is 2.26. The van der Waals surface area contributed by atoms with E-state index in [1.165, 1.54) is 6.42 Å². The summed E-state index contributed by atoms with van der Waals surface area (Å²) >= 11 is 0. The van der Waals surface area contributed by atoms with Crippen LogP contribution in [0.2, 0.25) is 0 Å². The molecule has 0 radical (unpaired) electrons. The van der Waals surface area contributed by atoms with Crippen molar-refractivity contribution in [2.45, 2.75) is 89.1 Å². The molecule has 2 saturated carbocycles. The molecule has 2 atom stereocenters. The van der Waals surface area contributed by atoms with E-state index in [2.05, 4.69) is 10.6 Å². The molecule has 122 valence electrons. The number of alkyl carbamates (subject to hydrolysis) is 1. The molecule has 0 aromatic carbocycles. The minimum absolute atomic E-state index is 0.226. The highest BCUT2D eigenvalue weighted by Gasteiger charge is 2.32. The van der Waals surface area contributed by atoms with Crippen LogP contribution in [0, 0.1) is 0 Å². The van der Waals surface area contributed by atoms with Crippen molar-refractivity contribution in [3.05, 3.63) is 0 Å². The number of rotatable bonds is 4. The Balaban J connectivity index is 1.70. The first kappa shape index (κ1) is 16.6. The zero-order valence-corrected chi connectivity index (χ0v) is 13.8. The average molecular weight is 298 g/mol. The van der Waals surface area contributed by atoms with E-state index in [9.17, 15) is 4.79 Å². The second-order valence-corrected chi connectivity index (χ2v) is 7.40. The Morgan fingerprint density at radius 3 is 2.33 bits per heavy atom. The topological polar surface area (TPSA) is 59.6 Å². The molecule has 2 fully saturated rings. The standard InChI is InChI=1S/C16H30N2O3/c1-16(2,3)21-15(19)18-12-7-5-6-11(8-12)17-13-9-14(10-13)20-4/h11-14,17H,5-10H2,1-4H3,(H,18,19). The van der Waals surface area contributed by atoms with Crippen LogP contribution in [0.15, 0.2) is 0 Å². The Bertz CT molecular complexity index is 348. The van der Waals surface area contributed by atoms with Crippen LogP contribution in [-0.2, 0) is 9.47 Å². The van der Waals surface area contributed by atoms with Gasteiger partial charge in [-0.2, -0.15) is 0 Å². The second kappa shape index (κ2) is 6.97. The van der Waals surface area contributed by atoms with Crippen molar-refractivity contribution in [1.82, 2.24) is 10.6 Å². The Labute approximate surface area is 128 Å². The Morgan fingerprint density at radius 2 is 1.71 bits per heavy atom. The van der Waals surface area contributed by atoms with Crippen LogP contribution in [0.3, 0.4) is 0 Å². The first-order chi connectivity index (χ1) is 9.85. The molecule has 2 N–H and O–H groups in total. The molecule has 5 nitrogen and oxygen atoms in total. The van der Waals surface area contributed by atoms with E-state index in [0.717, 1.165) is 32.1 Å². The number of hydrogen-bond acceptors (Lipinski definition) is 4. The highest BCUT2D eigenvalue weighted by atomic mass is 16.6. The molecule has 0 aromatic heterocycles. The highest BCUT2D eigenvalue weighted by molar-refractivity contribution is 5.68. The van der Waals surface area contributed by atoms with E-state index in [-0.39, 0.29) is 12.1 Å². The van der Waals surface area contributed by atoms with Gasteiger partial charge in [-0.15, -0.1) is 0 Å². The fourth-order valence-electron chi connectivity index (χ4n) is 3.17. The monoisotopic (exact) mass is 298 g/mol. The van der Waals surface area contributed by atoms with Crippen LogP contribution in [0.1, 0.15) is 59.3 Å². The molecule has 2 aliphatic carbocycles. The molecule has 21 heavy (non-hydrogen) atoms. The molecular weight excluding hydrogens is 268 g/mol. The molecule has 0 aromatic rings. The summed E-state index contributed by atoms with van der Waals surface area (Å²) in [6.45, 7) is 5.67. The van der Waals surface area contributed by atoms with E-state index in [1.807, 2.05) is 20.8 Å². The molecule has 0 bridgehead atoms. The van der Waals surface area contributed by atoms with Gasteiger partial charge in [0, 0.05) is 25.2 Å². The molecular formula is C16H30N2O3. The van der Waals surface area contributed by atoms with E-state index < -0.39 is 5.60 Å². The fraction of sp³-hybridized carbons (Fsp3) is 0.938. The molecule has 2 aliphatic rings. The van der Waals surface area contributed by atoms with Crippen molar-refractivity contribution in [1.29, 1.82) is 0 Å². The number of methoxy groups -OCH3 is 1. The minimum Gasteiger partial charge on any atom is -0.444 e. The fourth-order valence-corrected chi connectivity index (χ4v) is 3.17. The summed E-state index contributed by atoms with van der Waals surface area (Å²) in [5.41, 5.74) is -0.433. The summed E-state index contributed by atoms with van der Waals surface area (Å²) in [5.74, 6) is 0. The summed E-state index contributed by atoms with van der Waals surface area (Å²) in [6.07, 6.45) is 6.74. The third kappa shape index (κ3) is 5.47. The normalized spacial score (nSPS) is 33.1. The van der Waals surface area contributed by atoms with Crippen molar-refractivity contribution in [3.8, 4) is 0 Å². The second-order valence-electron chi connectivity index (χ2n) is 7.40. The summed E-state index contributed by atoms with van der Waals surface area (Å²) in [5, 5.41) is 6.71. The van der Waals surface area contributed by atoms with Gasteiger partial charge in [-0.3, -0.25) is 0 Å². The smallest absolute Gasteiger partial charge is 0.407 e. The van der Waals surface area contributed by atoms with Crippen molar-refractivity contribution in [3.63, 3.8) is 0 Å². The zero-order chi connectivity index (χ0) is 15.5. The molecule has 1 amide bonds. The maximum atomic E-state index is 11.8. The van der Waals surface area contributed by atoms with Crippen LogP contribution in [0.5, 0.6) is 0 Å². The summed E-state index contributed by atoms with van der Waals surface area (Å²) in [7, 11) is 1.78. The number of carbonyl (C=O) groups excluding carboxylic acids is 1. The van der Waals surface area contributed by atoms with E-state index >= 15 is 0 Å². The third-order valence-electron chi connectivity index (χ3n) is 4.29. The number of nitrogens with one attached hydrogen (secondary N) is 2. The van der Waals surface area contributed by atoms with Crippen molar-refractivity contribution in [2.75, 3.05) is 7.11 Å². The lowest BCUT2D eigenvalue weighted by Gasteiger charge is -2.40. The van der Waals surface area contributed by atoms with Crippen LogP contribution in [0.4, 0.5) is 4.79 Å². The maximum absolute atomic E-state index is 11.8. The predicted molar refractivity (Wildman–Crippen MR) is 82.4 cm³/mol. The van der Waals surface area contributed by atoms with Gasteiger partial charge in [0.2, 0.25) is 0 Å². The number of hydrogen-bond donors (Lipinski definition) is 2. The van der Waals surface area contributed by atoms with Gasteiger partial charge < -0.3 is 20.1 Å². The van der Waals surface area contributed by atoms with Gasteiger partial charge in [0.1, 0.15) is 5.60 Å². The molecule has 0 saturated heterocycles. The Morgan fingerprint density at radius 1 is 1.05 bits per heavy atom. The van der Waals surface area contributed by atoms with E-state index in [1.54, 1.807) is 7.11 Å².